The summed E-state index contributed by atoms with van der Waals surface area (Å²) in [6, 6.07) is 0. The standard InChI is InChI=1S/C9H18N4O3S/c1-3-4-7(14)5-12-17(15,16)9-8(10)11-6-13(9)2/h6-7,12,14H,3-5,10H2,1-2H3. The predicted molar refractivity (Wildman–Crippen MR) is 63.7 cm³/mol. The van der Waals surface area contributed by atoms with Gasteiger partial charge in [-0.2, -0.15) is 0 Å². The van der Waals surface area contributed by atoms with Crippen LogP contribution in [0.2, 0.25) is 0 Å². The molecule has 0 radical (unpaired) electrons. The Hall–Kier alpha value is -1.12. The molecule has 98 valence electrons. The van der Waals surface area contributed by atoms with Gasteiger partial charge in [0, 0.05) is 13.6 Å². The number of nitrogen functional groups attached to an aromatic ring is 1. The summed E-state index contributed by atoms with van der Waals surface area (Å²) in [6.45, 7) is 1.89. The molecule has 1 aromatic rings. The summed E-state index contributed by atoms with van der Waals surface area (Å²) in [5.41, 5.74) is 5.48. The van der Waals surface area contributed by atoms with Crippen LogP contribution in [0.25, 0.3) is 0 Å². The highest BCUT2D eigenvalue weighted by molar-refractivity contribution is 7.89. The Morgan fingerprint density at radius 3 is 2.76 bits per heavy atom. The Morgan fingerprint density at radius 1 is 1.65 bits per heavy atom. The summed E-state index contributed by atoms with van der Waals surface area (Å²) in [6.07, 6.45) is 1.97. The van der Waals surface area contributed by atoms with Crippen molar-refractivity contribution >= 4 is 15.8 Å². The Labute approximate surface area is 101 Å². The molecule has 7 nitrogen and oxygen atoms in total. The van der Waals surface area contributed by atoms with Crippen molar-refractivity contribution in [1.29, 1.82) is 0 Å². The number of hydrogen-bond acceptors (Lipinski definition) is 5. The van der Waals surface area contributed by atoms with E-state index in [1.165, 1.54) is 10.9 Å². The van der Waals surface area contributed by atoms with E-state index in [0.717, 1.165) is 6.42 Å². The molecule has 1 rings (SSSR count). The Morgan fingerprint density at radius 2 is 2.29 bits per heavy atom. The first-order valence-electron chi connectivity index (χ1n) is 5.33. The van der Waals surface area contributed by atoms with Gasteiger partial charge in [0.25, 0.3) is 10.0 Å². The minimum Gasteiger partial charge on any atom is -0.392 e. The lowest BCUT2D eigenvalue weighted by Crippen LogP contribution is -2.33. The maximum Gasteiger partial charge on any atom is 0.260 e. The van der Waals surface area contributed by atoms with Crippen LogP contribution in [0.5, 0.6) is 0 Å². The Balaban J connectivity index is 2.76. The van der Waals surface area contributed by atoms with Crippen LogP contribution in [0.3, 0.4) is 0 Å². The second-order valence-corrected chi connectivity index (χ2v) is 5.52. The van der Waals surface area contributed by atoms with Crippen molar-refractivity contribution in [1.82, 2.24) is 14.3 Å². The molecule has 1 heterocycles. The average Bonchev–Trinajstić information content (AvgIpc) is 2.57. The normalized spacial score (nSPS) is 13.8. The monoisotopic (exact) mass is 262 g/mol. The number of nitrogens with one attached hydrogen (secondary N) is 1. The Kier molecular flexibility index (Phi) is 4.49. The smallest absolute Gasteiger partial charge is 0.260 e. The number of nitrogens with two attached hydrogens (primary N) is 1. The van der Waals surface area contributed by atoms with Gasteiger partial charge in [-0.15, -0.1) is 0 Å². The van der Waals surface area contributed by atoms with E-state index in [2.05, 4.69) is 9.71 Å². The highest BCUT2D eigenvalue weighted by Gasteiger charge is 2.22. The van der Waals surface area contributed by atoms with E-state index in [9.17, 15) is 13.5 Å². The van der Waals surface area contributed by atoms with Crippen molar-refractivity contribution in [2.24, 2.45) is 7.05 Å². The lowest BCUT2D eigenvalue weighted by Gasteiger charge is -2.11. The zero-order chi connectivity index (χ0) is 13.1. The first-order chi connectivity index (χ1) is 7.88. The van der Waals surface area contributed by atoms with Crippen molar-refractivity contribution in [3.63, 3.8) is 0 Å². The van der Waals surface area contributed by atoms with Gasteiger partial charge in [0.1, 0.15) is 0 Å². The van der Waals surface area contributed by atoms with Gasteiger partial charge in [-0.25, -0.2) is 18.1 Å². The quantitative estimate of drug-likeness (QED) is 0.636. The van der Waals surface area contributed by atoms with Crippen molar-refractivity contribution < 1.29 is 13.5 Å². The van der Waals surface area contributed by atoms with Crippen molar-refractivity contribution in [2.75, 3.05) is 12.3 Å². The molecule has 1 aromatic heterocycles. The molecule has 0 aliphatic heterocycles. The number of hydrogen-bond donors (Lipinski definition) is 3. The van der Waals surface area contributed by atoms with Gasteiger partial charge in [0.05, 0.1) is 12.4 Å². The van der Waals surface area contributed by atoms with E-state index in [-0.39, 0.29) is 17.4 Å². The number of aryl methyl sites for hydroxylation is 1. The molecule has 0 aliphatic rings. The van der Waals surface area contributed by atoms with E-state index >= 15 is 0 Å². The predicted octanol–water partition coefficient (Wildman–Crippen LogP) is -0.558. The summed E-state index contributed by atoms with van der Waals surface area (Å²) in [5, 5.41) is 9.39. The first kappa shape index (κ1) is 13.9. The van der Waals surface area contributed by atoms with Gasteiger partial charge in [0.15, 0.2) is 10.8 Å². The SMILES string of the molecule is CCCC(O)CNS(=O)(=O)c1c(N)ncn1C. The summed E-state index contributed by atoms with van der Waals surface area (Å²) < 4.78 is 27.4. The molecule has 8 heteroatoms. The summed E-state index contributed by atoms with van der Waals surface area (Å²) in [7, 11) is -2.18. The maximum absolute atomic E-state index is 11.9. The average molecular weight is 262 g/mol. The van der Waals surface area contributed by atoms with Gasteiger partial charge < -0.3 is 15.4 Å². The molecule has 1 unspecified atom stereocenters. The zero-order valence-electron chi connectivity index (χ0n) is 9.92. The molecular formula is C9H18N4O3S. The minimum absolute atomic E-state index is 0.0270. The molecular weight excluding hydrogens is 244 g/mol. The van der Waals surface area contributed by atoms with Crippen LogP contribution in [0, 0.1) is 0 Å². The van der Waals surface area contributed by atoms with Crippen LogP contribution >= 0.6 is 0 Å². The Bertz CT molecular complexity index is 449. The number of imidazole rings is 1. The van der Waals surface area contributed by atoms with E-state index in [1.807, 2.05) is 6.92 Å². The zero-order valence-corrected chi connectivity index (χ0v) is 10.7. The number of aromatic nitrogens is 2. The van der Waals surface area contributed by atoms with Crippen molar-refractivity contribution in [3.05, 3.63) is 6.33 Å². The largest absolute Gasteiger partial charge is 0.392 e. The van der Waals surface area contributed by atoms with Gasteiger partial charge in [0.2, 0.25) is 0 Å². The maximum atomic E-state index is 11.9. The third-order valence-electron chi connectivity index (χ3n) is 2.29. The third kappa shape index (κ3) is 3.42. The molecule has 0 aliphatic carbocycles. The molecule has 17 heavy (non-hydrogen) atoms. The van der Waals surface area contributed by atoms with Crippen LogP contribution in [-0.2, 0) is 17.1 Å². The number of nitrogens with zero attached hydrogens (tertiary/aromatic N) is 2. The summed E-state index contributed by atoms with van der Waals surface area (Å²) in [4.78, 5) is 3.70. The fourth-order valence-corrected chi connectivity index (χ4v) is 2.78. The van der Waals surface area contributed by atoms with Gasteiger partial charge in [-0.05, 0) is 6.42 Å². The van der Waals surface area contributed by atoms with E-state index in [4.69, 9.17) is 5.73 Å². The highest BCUT2D eigenvalue weighted by atomic mass is 32.2. The van der Waals surface area contributed by atoms with Gasteiger partial charge in [-0.3, -0.25) is 0 Å². The van der Waals surface area contributed by atoms with Gasteiger partial charge >= 0.3 is 0 Å². The van der Waals surface area contributed by atoms with Crippen LogP contribution in [0.15, 0.2) is 11.4 Å². The number of rotatable bonds is 6. The van der Waals surface area contributed by atoms with Crippen molar-refractivity contribution in [2.45, 2.75) is 30.9 Å². The van der Waals surface area contributed by atoms with Gasteiger partial charge in [-0.1, -0.05) is 13.3 Å². The first-order valence-corrected chi connectivity index (χ1v) is 6.81. The van der Waals surface area contributed by atoms with E-state index in [0.29, 0.717) is 6.42 Å². The molecule has 4 N–H and O–H groups in total. The topological polar surface area (TPSA) is 110 Å². The fourth-order valence-electron chi connectivity index (χ4n) is 1.47. The lowest BCUT2D eigenvalue weighted by atomic mass is 10.2. The van der Waals surface area contributed by atoms with Crippen molar-refractivity contribution in [3.8, 4) is 0 Å². The molecule has 0 amide bonds. The molecule has 0 bridgehead atoms. The van der Waals surface area contributed by atoms with Crippen LogP contribution in [0.4, 0.5) is 5.82 Å². The number of sulfonamides is 1. The lowest BCUT2D eigenvalue weighted by molar-refractivity contribution is 0.167. The van der Waals surface area contributed by atoms with Crippen LogP contribution in [-0.4, -0.2) is 35.7 Å². The molecule has 0 fully saturated rings. The molecule has 0 saturated heterocycles. The second kappa shape index (κ2) is 5.48. The van der Waals surface area contributed by atoms with E-state index < -0.39 is 16.1 Å². The van der Waals surface area contributed by atoms with E-state index in [1.54, 1.807) is 7.05 Å². The molecule has 0 saturated carbocycles. The third-order valence-corrected chi connectivity index (χ3v) is 3.85. The number of aliphatic hydroxyl groups is 1. The highest BCUT2D eigenvalue weighted by Crippen LogP contribution is 2.14. The van der Waals surface area contributed by atoms with Crippen LogP contribution < -0.4 is 10.5 Å². The summed E-state index contributed by atoms with van der Waals surface area (Å²) in [5.74, 6) is -0.0509. The number of aliphatic hydroxyl groups excluding tert-OH is 1. The summed E-state index contributed by atoms with van der Waals surface area (Å²) >= 11 is 0. The fraction of sp³-hybridized carbons (Fsp3) is 0.667. The molecule has 0 spiro atoms. The second-order valence-electron chi connectivity index (χ2n) is 3.84. The molecule has 0 aromatic carbocycles. The van der Waals surface area contributed by atoms with Crippen LogP contribution in [0.1, 0.15) is 19.8 Å². The number of anilines is 1. The molecule has 1 atom stereocenters. The minimum atomic E-state index is -3.73.